The minimum atomic E-state index is -0.222. The number of aromatic nitrogens is 3. The molecule has 2 heterocycles. The summed E-state index contributed by atoms with van der Waals surface area (Å²) in [6.45, 7) is 3.22. The van der Waals surface area contributed by atoms with Gasteiger partial charge in [0.2, 0.25) is 0 Å². The third-order valence-electron chi connectivity index (χ3n) is 5.37. The predicted molar refractivity (Wildman–Crippen MR) is 117 cm³/mol. The quantitative estimate of drug-likeness (QED) is 0.675. The number of anilines is 2. The fourth-order valence-electron chi connectivity index (χ4n) is 3.78. The largest absolute Gasteiger partial charge is 0.497 e. The Morgan fingerprint density at radius 2 is 2.00 bits per heavy atom. The van der Waals surface area contributed by atoms with Crippen molar-refractivity contribution >= 4 is 17.4 Å². The lowest BCUT2D eigenvalue weighted by atomic mass is 10.2. The third-order valence-corrected chi connectivity index (χ3v) is 5.37. The second-order valence-corrected chi connectivity index (χ2v) is 7.58. The van der Waals surface area contributed by atoms with Crippen LogP contribution < -0.4 is 15.0 Å². The van der Waals surface area contributed by atoms with Gasteiger partial charge in [-0.15, -0.1) is 10.2 Å². The first-order chi connectivity index (χ1) is 14.6. The molecule has 0 fully saturated rings. The maximum Gasteiger partial charge on any atom is 0.326 e. The van der Waals surface area contributed by atoms with Crippen molar-refractivity contribution in [1.82, 2.24) is 14.8 Å². The van der Waals surface area contributed by atoms with Crippen molar-refractivity contribution in [2.45, 2.75) is 45.7 Å². The van der Waals surface area contributed by atoms with Crippen LogP contribution >= 0.6 is 0 Å². The normalized spacial score (nSPS) is 13.3. The summed E-state index contributed by atoms with van der Waals surface area (Å²) >= 11 is 0. The molecule has 1 aromatic heterocycles. The van der Waals surface area contributed by atoms with Crippen LogP contribution in [0, 0.1) is 6.92 Å². The Bertz CT molecular complexity index is 1030. The summed E-state index contributed by atoms with van der Waals surface area (Å²) in [5.41, 5.74) is 2.59. The van der Waals surface area contributed by atoms with Gasteiger partial charge in [0.1, 0.15) is 11.6 Å². The van der Waals surface area contributed by atoms with Crippen LogP contribution in [-0.2, 0) is 19.5 Å². The number of hydrogen-bond acceptors (Lipinski definition) is 4. The van der Waals surface area contributed by atoms with E-state index in [-0.39, 0.29) is 6.03 Å². The van der Waals surface area contributed by atoms with Crippen molar-refractivity contribution in [3.63, 3.8) is 0 Å². The minimum absolute atomic E-state index is 0.222. The van der Waals surface area contributed by atoms with Gasteiger partial charge in [-0.05, 0) is 49.6 Å². The first-order valence-corrected chi connectivity index (χ1v) is 10.3. The monoisotopic (exact) mass is 405 g/mol. The standard InChI is InChI=1S/C23H27N5O2/c1-17-8-6-9-18(14-17)24-23(29)28(19-10-7-11-20(15-19)30-2)16-22-26-25-21-12-4-3-5-13-27(21)22/h6-11,14-15H,3-5,12-13,16H2,1-2H3,(H,24,29). The molecule has 4 rings (SSSR count). The van der Waals surface area contributed by atoms with Crippen molar-refractivity contribution < 1.29 is 9.53 Å². The summed E-state index contributed by atoms with van der Waals surface area (Å²) in [6, 6.07) is 15.0. The molecular formula is C23H27N5O2. The molecule has 0 saturated carbocycles. The van der Waals surface area contributed by atoms with E-state index in [2.05, 4.69) is 20.1 Å². The van der Waals surface area contributed by atoms with E-state index < -0.39 is 0 Å². The highest BCUT2D eigenvalue weighted by molar-refractivity contribution is 6.01. The molecule has 1 N–H and O–H groups in total. The topological polar surface area (TPSA) is 72.3 Å². The highest BCUT2D eigenvalue weighted by Gasteiger charge is 2.22. The summed E-state index contributed by atoms with van der Waals surface area (Å²) in [7, 11) is 1.62. The van der Waals surface area contributed by atoms with Gasteiger partial charge in [-0.2, -0.15) is 0 Å². The maximum atomic E-state index is 13.3. The molecular weight excluding hydrogens is 378 g/mol. The van der Waals surface area contributed by atoms with Gasteiger partial charge in [-0.3, -0.25) is 4.90 Å². The Labute approximate surface area is 176 Å². The molecule has 0 saturated heterocycles. The van der Waals surface area contributed by atoms with Gasteiger partial charge < -0.3 is 14.6 Å². The van der Waals surface area contributed by atoms with Crippen molar-refractivity contribution in [2.24, 2.45) is 0 Å². The highest BCUT2D eigenvalue weighted by atomic mass is 16.5. The number of benzene rings is 2. The molecule has 0 unspecified atom stereocenters. The lowest BCUT2D eigenvalue weighted by Gasteiger charge is -2.24. The zero-order valence-electron chi connectivity index (χ0n) is 17.5. The zero-order valence-corrected chi connectivity index (χ0v) is 17.5. The maximum absolute atomic E-state index is 13.3. The molecule has 0 radical (unpaired) electrons. The number of amides is 2. The number of nitrogens with zero attached hydrogens (tertiary/aromatic N) is 4. The number of rotatable bonds is 5. The van der Waals surface area contributed by atoms with Crippen molar-refractivity contribution in [3.05, 3.63) is 65.7 Å². The number of urea groups is 1. The van der Waals surface area contributed by atoms with E-state index in [0.29, 0.717) is 12.3 Å². The van der Waals surface area contributed by atoms with Gasteiger partial charge >= 0.3 is 6.03 Å². The average molecular weight is 406 g/mol. The van der Waals surface area contributed by atoms with Gasteiger partial charge in [0.15, 0.2) is 5.82 Å². The van der Waals surface area contributed by atoms with E-state index in [0.717, 1.165) is 54.4 Å². The summed E-state index contributed by atoms with van der Waals surface area (Å²) in [5.74, 6) is 2.50. The second kappa shape index (κ2) is 8.98. The summed E-state index contributed by atoms with van der Waals surface area (Å²) in [5, 5.41) is 11.8. The SMILES string of the molecule is COc1cccc(N(Cc2nnc3n2CCCCC3)C(=O)Nc2cccc(C)c2)c1. The number of hydrogen-bond donors (Lipinski definition) is 1. The van der Waals surface area contributed by atoms with Gasteiger partial charge in [-0.1, -0.05) is 24.6 Å². The number of methoxy groups -OCH3 is 1. The number of carbonyl (C=O) groups excluding carboxylic acids is 1. The van der Waals surface area contributed by atoms with Crippen LogP contribution in [0.3, 0.4) is 0 Å². The van der Waals surface area contributed by atoms with Crippen molar-refractivity contribution in [2.75, 3.05) is 17.3 Å². The van der Waals surface area contributed by atoms with E-state index in [1.807, 2.05) is 55.5 Å². The molecule has 2 aromatic carbocycles. The van der Waals surface area contributed by atoms with Crippen LogP contribution in [0.2, 0.25) is 0 Å². The molecule has 0 bridgehead atoms. The Balaban J connectivity index is 1.65. The molecule has 0 aliphatic carbocycles. The molecule has 1 aliphatic rings. The molecule has 0 spiro atoms. The number of ether oxygens (including phenoxy) is 1. The number of carbonyl (C=O) groups is 1. The van der Waals surface area contributed by atoms with Crippen LogP contribution in [0.1, 0.15) is 36.5 Å². The summed E-state index contributed by atoms with van der Waals surface area (Å²) < 4.78 is 7.54. The van der Waals surface area contributed by atoms with E-state index in [9.17, 15) is 4.79 Å². The zero-order chi connectivity index (χ0) is 20.9. The van der Waals surface area contributed by atoms with Crippen LogP contribution in [-0.4, -0.2) is 27.9 Å². The fourth-order valence-corrected chi connectivity index (χ4v) is 3.78. The lowest BCUT2D eigenvalue weighted by molar-refractivity contribution is 0.256. The van der Waals surface area contributed by atoms with Crippen LogP contribution in [0.4, 0.5) is 16.2 Å². The van der Waals surface area contributed by atoms with Gasteiger partial charge in [0.05, 0.1) is 13.7 Å². The molecule has 30 heavy (non-hydrogen) atoms. The van der Waals surface area contributed by atoms with Gasteiger partial charge in [0.25, 0.3) is 0 Å². The Morgan fingerprint density at radius 1 is 1.13 bits per heavy atom. The fraction of sp³-hybridized carbons (Fsp3) is 0.348. The van der Waals surface area contributed by atoms with Gasteiger partial charge in [0, 0.05) is 30.4 Å². The van der Waals surface area contributed by atoms with Crippen LogP contribution in [0.25, 0.3) is 0 Å². The molecule has 0 atom stereocenters. The van der Waals surface area contributed by atoms with Crippen LogP contribution in [0.5, 0.6) is 5.75 Å². The average Bonchev–Trinajstić information content (AvgIpc) is 2.97. The van der Waals surface area contributed by atoms with Gasteiger partial charge in [-0.25, -0.2) is 4.79 Å². The number of aryl methyl sites for hydroxylation is 2. The van der Waals surface area contributed by atoms with E-state index in [1.54, 1.807) is 12.0 Å². The Morgan fingerprint density at radius 3 is 2.83 bits per heavy atom. The minimum Gasteiger partial charge on any atom is -0.497 e. The van der Waals surface area contributed by atoms with E-state index in [1.165, 1.54) is 6.42 Å². The Hall–Kier alpha value is -3.35. The molecule has 3 aromatic rings. The lowest BCUT2D eigenvalue weighted by Crippen LogP contribution is -2.35. The first-order valence-electron chi connectivity index (χ1n) is 10.3. The second-order valence-electron chi connectivity index (χ2n) is 7.58. The third kappa shape index (κ3) is 4.45. The highest BCUT2D eigenvalue weighted by Crippen LogP contribution is 2.25. The predicted octanol–water partition coefficient (Wildman–Crippen LogP) is 4.56. The van der Waals surface area contributed by atoms with E-state index >= 15 is 0 Å². The smallest absolute Gasteiger partial charge is 0.326 e. The molecule has 1 aliphatic heterocycles. The molecule has 2 amide bonds. The summed E-state index contributed by atoms with van der Waals surface area (Å²) in [6.07, 6.45) is 4.36. The Kier molecular flexibility index (Phi) is 5.97. The molecule has 7 heteroatoms. The summed E-state index contributed by atoms with van der Waals surface area (Å²) in [4.78, 5) is 15.0. The molecule has 7 nitrogen and oxygen atoms in total. The number of nitrogens with one attached hydrogen (secondary N) is 1. The van der Waals surface area contributed by atoms with Crippen molar-refractivity contribution in [1.29, 1.82) is 0 Å². The van der Waals surface area contributed by atoms with Crippen LogP contribution in [0.15, 0.2) is 48.5 Å². The molecule has 156 valence electrons. The van der Waals surface area contributed by atoms with E-state index in [4.69, 9.17) is 4.74 Å². The van der Waals surface area contributed by atoms with Crippen molar-refractivity contribution in [3.8, 4) is 5.75 Å². The number of fused-ring (bicyclic) bond motifs is 1. The first kappa shape index (κ1) is 19.9.